The molecular formula is C32H33F2N5O5. The maximum Gasteiger partial charge on any atom is 0.407 e. The summed E-state index contributed by atoms with van der Waals surface area (Å²) in [7, 11) is 1.77. The Morgan fingerprint density at radius 2 is 1.73 bits per heavy atom. The molecule has 2 amide bonds. The second-order valence-corrected chi connectivity index (χ2v) is 11.6. The fourth-order valence-electron chi connectivity index (χ4n) is 5.29. The number of rotatable bonds is 6. The van der Waals surface area contributed by atoms with Crippen molar-refractivity contribution in [2.24, 2.45) is 7.05 Å². The first-order chi connectivity index (χ1) is 20.7. The van der Waals surface area contributed by atoms with Gasteiger partial charge in [0.2, 0.25) is 0 Å². The van der Waals surface area contributed by atoms with E-state index in [-0.39, 0.29) is 17.8 Å². The molecule has 0 saturated heterocycles. The van der Waals surface area contributed by atoms with Gasteiger partial charge in [0.15, 0.2) is 0 Å². The minimum atomic E-state index is -2.88. The number of para-hydroxylation sites is 1. The van der Waals surface area contributed by atoms with Gasteiger partial charge in [-0.2, -0.15) is 13.9 Å². The van der Waals surface area contributed by atoms with Crippen molar-refractivity contribution in [3.63, 3.8) is 0 Å². The Morgan fingerprint density at radius 1 is 1.02 bits per heavy atom. The molecule has 2 aromatic heterocycles. The molecule has 0 unspecified atom stereocenters. The van der Waals surface area contributed by atoms with Crippen molar-refractivity contribution < 1.29 is 33.0 Å². The van der Waals surface area contributed by atoms with Crippen LogP contribution in [-0.4, -0.2) is 54.5 Å². The number of aromatic nitrogens is 3. The zero-order valence-electron chi connectivity index (χ0n) is 25.0. The molecule has 0 fully saturated rings. The fourth-order valence-corrected chi connectivity index (χ4v) is 5.29. The molecule has 0 atom stereocenters. The SMILES string of the molecule is Cc1c(C(=O)N(c2ccccc2)c2cnn(C(F)F)c2)cc(-c2cc3c(cc2C(=O)OC(C)(C)C)CN(C(=O)O)CC3)n1C. The van der Waals surface area contributed by atoms with E-state index >= 15 is 0 Å². The zero-order chi connectivity index (χ0) is 31.9. The van der Waals surface area contributed by atoms with Crippen LogP contribution >= 0.6 is 0 Å². The highest BCUT2D eigenvalue weighted by molar-refractivity contribution is 6.12. The van der Waals surface area contributed by atoms with Gasteiger partial charge >= 0.3 is 18.6 Å². The van der Waals surface area contributed by atoms with Gasteiger partial charge < -0.3 is 19.3 Å². The molecule has 230 valence electrons. The lowest BCUT2D eigenvalue weighted by molar-refractivity contribution is 0.00699. The van der Waals surface area contributed by atoms with Crippen LogP contribution in [0.15, 0.2) is 60.9 Å². The number of ether oxygens (including phenoxy) is 1. The number of benzene rings is 2. The molecule has 4 aromatic rings. The summed E-state index contributed by atoms with van der Waals surface area (Å²) in [5, 5.41) is 13.3. The first-order valence-corrected chi connectivity index (χ1v) is 14.0. The average molecular weight is 606 g/mol. The molecule has 12 heteroatoms. The van der Waals surface area contributed by atoms with Crippen LogP contribution in [0.25, 0.3) is 11.3 Å². The minimum absolute atomic E-state index is 0.134. The predicted octanol–water partition coefficient (Wildman–Crippen LogP) is 6.56. The number of amides is 2. The van der Waals surface area contributed by atoms with Crippen molar-refractivity contribution in [1.82, 2.24) is 19.2 Å². The van der Waals surface area contributed by atoms with E-state index in [9.17, 15) is 28.3 Å². The van der Waals surface area contributed by atoms with Crippen molar-refractivity contribution in [2.75, 3.05) is 11.4 Å². The number of hydrogen-bond acceptors (Lipinski definition) is 5. The lowest BCUT2D eigenvalue weighted by Gasteiger charge is -2.28. The lowest BCUT2D eigenvalue weighted by Crippen LogP contribution is -2.35. The number of fused-ring (bicyclic) bond motifs is 1. The first-order valence-electron chi connectivity index (χ1n) is 14.0. The maximum atomic E-state index is 14.2. The number of anilines is 2. The highest BCUT2D eigenvalue weighted by Crippen LogP contribution is 2.36. The quantitative estimate of drug-likeness (QED) is 0.249. The molecular weight excluding hydrogens is 572 g/mol. The van der Waals surface area contributed by atoms with E-state index in [1.807, 2.05) is 6.07 Å². The van der Waals surface area contributed by atoms with Gasteiger partial charge in [-0.1, -0.05) is 18.2 Å². The van der Waals surface area contributed by atoms with Crippen LogP contribution in [0, 0.1) is 6.92 Å². The summed E-state index contributed by atoms with van der Waals surface area (Å²) in [6, 6.07) is 13.9. The summed E-state index contributed by atoms with van der Waals surface area (Å²) in [6.45, 7) is 4.60. The van der Waals surface area contributed by atoms with Crippen LogP contribution in [0.5, 0.6) is 0 Å². The molecule has 44 heavy (non-hydrogen) atoms. The smallest absolute Gasteiger partial charge is 0.407 e. The second kappa shape index (κ2) is 11.6. The van der Waals surface area contributed by atoms with Crippen LogP contribution in [0.1, 0.15) is 64.9 Å². The van der Waals surface area contributed by atoms with Gasteiger partial charge in [0.25, 0.3) is 5.91 Å². The Hall–Kier alpha value is -5.00. The Labute approximate surface area is 253 Å². The monoisotopic (exact) mass is 605 g/mol. The normalized spacial score (nSPS) is 13.1. The second-order valence-electron chi connectivity index (χ2n) is 11.6. The summed E-state index contributed by atoms with van der Waals surface area (Å²) in [5.41, 5.74) is 3.64. The van der Waals surface area contributed by atoms with Gasteiger partial charge in [0.1, 0.15) is 5.60 Å². The summed E-state index contributed by atoms with van der Waals surface area (Å²) >= 11 is 0. The summed E-state index contributed by atoms with van der Waals surface area (Å²) < 4.78 is 34.8. The van der Waals surface area contributed by atoms with E-state index in [2.05, 4.69) is 5.10 Å². The number of nitrogens with zero attached hydrogens (tertiary/aromatic N) is 5. The van der Waals surface area contributed by atoms with E-state index in [0.717, 1.165) is 11.8 Å². The molecule has 5 rings (SSSR count). The van der Waals surface area contributed by atoms with Crippen molar-refractivity contribution in [3.05, 3.63) is 88.9 Å². The lowest BCUT2D eigenvalue weighted by atomic mass is 9.92. The van der Waals surface area contributed by atoms with Gasteiger partial charge in [-0.05, 0) is 75.6 Å². The van der Waals surface area contributed by atoms with E-state index < -0.39 is 30.1 Å². The van der Waals surface area contributed by atoms with Crippen molar-refractivity contribution in [3.8, 4) is 11.3 Å². The molecule has 2 aromatic carbocycles. The molecule has 1 N–H and O–H groups in total. The largest absolute Gasteiger partial charge is 0.465 e. The van der Waals surface area contributed by atoms with E-state index in [4.69, 9.17) is 4.74 Å². The van der Waals surface area contributed by atoms with Crippen LogP contribution in [0.4, 0.5) is 25.0 Å². The zero-order valence-corrected chi connectivity index (χ0v) is 25.0. The van der Waals surface area contributed by atoms with Crippen LogP contribution in [-0.2, 0) is 24.8 Å². The topological polar surface area (TPSA) is 110 Å². The number of esters is 1. The van der Waals surface area contributed by atoms with Crippen molar-refractivity contribution >= 4 is 29.3 Å². The number of hydrogen-bond donors (Lipinski definition) is 1. The minimum Gasteiger partial charge on any atom is -0.465 e. The first kappa shape index (κ1) is 30.5. The molecule has 10 nitrogen and oxygen atoms in total. The van der Waals surface area contributed by atoms with Crippen LogP contribution in [0.2, 0.25) is 0 Å². The Morgan fingerprint density at radius 3 is 2.34 bits per heavy atom. The third-order valence-electron chi connectivity index (χ3n) is 7.55. The number of carbonyl (C=O) groups is 3. The van der Waals surface area contributed by atoms with E-state index in [1.54, 1.807) is 81.8 Å². The van der Waals surface area contributed by atoms with Gasteiger partial charge in [0.05, 0.1) is 29.2 Å². The number of carbonyl (C=O) groups excluding carboxylic acids is 2. The Bertz CT molecular complexity index is 1740. The molecule has 1 aliphatic heterocycles. The number of alkyl halides is 2. The van der Waals surface area contributed by atoms with Gasteiger partial charge in [0, 0.05) is 42.8 Å². The average Bonchev–Trinajstić information content (AvgIpc) is 3.57. The van der Waals surface area contributed by atoms with E-state index in [1.165, 1.54) is 16.0 Å². The third-order valence-corrected chi connectivity index (χ3v) is 7.55. The molecule has 3 heterocycles. The standard InChI is InChI=1S/C32H33F2N5O5/c1-19-24(28(40)39(22-9-7-6-8-10-22)23-16-35-38(18-23)30(33)34)15-27(36(19)5)25-13-20-11-12-37(31(42)43)17-21(20)14-26(25)29(41)44-32(2,3)4/h6-10,13-16,18,30H,11-12,17H2,1-5H3,(H,42,43). The third kappa shape index (κ3) is 5.92. The maximum absolute atomic E-state index is 14.2. The molecule has 0 radical (unpaired) electrons. The van der Waals surface area contributed by atoms with Gasteiger partial charge in [-0.25, -0.2) is 14.3 Å². The highest BCUT2D eigenvalue weighted by Gasteiger charge is 2.30. The molecule has 0 spiro atoms. The Kier molecular flexibility index (Phi) is 8.02. The van der Waals surface area contributed by atoms with Crippen LogP contribution in [0.3, 0.4) is 0 Å². The van der Waals surface area contributed by atoms with E-state index in [0.29, 0.717) is 51.4 Å². The van der Waals surface area contributed by atoms with Crippen molar-refractivity contribution in [2.45, 2.75) is 52.8 Å². The summed E-state index contributed by atoms with van der Waals surface area (Å²) in [5.74, 6) is -1.06. The fraction of sp³-hybridized carbons (Fsp3) is 0.312. The predicted molar refractivity (Wildman–Crippen MR) is 159 cm³/mol. The van der Waals surface area contributed by atoms with Gasteiger partial charge in [-0.15, -0.1) is 0 Å². The molecule has 0 bridgehead atoms. The van der Waals surface area contributed by atoms with Crippen LogP contribution < -0.4 is 4.90 Å². The number of carboxylic acid groups (broad SMARTS) is 1. The number of halogens is 2. The summed E-state index contributed by atoms with van der Waals surface area (Å²) in [4.78, 5) is 42.0. The summed E-state index contributed by atoms with van der Waals surface area (Å²) in [6.07, 6.45) is 1.73. The Balaban J connectivity index is 1.63. The molecule has 0 aliphatic carbocycles. The molecule has 0 saturated carbocycles. The highest BCUT2D eigenvalue weighted by atomic mass is 19.3. The molecule has 1 aliphatic rings. The van der Waals surface area contributed by atoms with Crippen molar-refractivity contribution in [1.29, 1.82) is 0 Å². The van der Waals surface area contributed by atoms with Gasteiger partial charge in [-0.3, -0.25) is 9.69 Å².